The molecule has 0 aliphatic heterocycles. The summed E-state index contributed by atoms with van der Waals surface area (Å²) in [5, 5.41) is 2.16. The maximum atomic E-state index is 13.4. The van der Waals surface area contributed by atoms with E-state index in [2.05, 4.69) is 21.2 Å². The molecule has 0 fully saturated rings. The molecule has 0 unspecified atom stereocenters. The average Bonchev–Trinajstić information content (AvgIpc) is 2.42. The number of anilines is 2. The SMILES string of the molecule is Nc1ccc(C(=O)Nc2ccc(F)c(F)c2F)cc1Br. The summed E-state index contributed by atoms with van der Waals surface area (Å²) in [4.78, 5) is 11.9. The zero-order chi connectivity index (χ0) is 14.9. The van der Waals surface area contributed by atoms with E-state index in [4.69, 9.17) is 5.73 Å². The maximum Gasteiger partial charge on any atom is 0.255 e. The average molecular weight is 345 g/mol. The van der Waals surface area contributed by atoms with Crippen molar-refractivity contribution in [1.82, 2.24) is 0 Å². The Hall–Kier alpha value is -2.02. The highest BCUT2D eigenvalue weighted by atomic mass is 79.9. The van der Waals surface area contributed by atoms with Gasteiger partial charge in [-0.3, -0.25) is 4.79 Å². The number of hydrogen-bond donors (Lipinski definition) is 2. The zero-order valence-electron chi connectivity index (χ0n) is 9.88. The van der Waals surface area contributed by atoms with Gasteiger partial charge in [-0.25, -0.2) is 13.2 Å². The molecule has 2 rings (SSSR count). The molecule has 0 saturated carbocycles. The molecule has 0 radical (unpaired) electrons. The summed E-state index contributed by atoms with van der Waals surface area (Å²) >= 11 is 3.15. The Kier molecular flexibility index (Phi) is 3.99. The molecule has 2 aromatic rings. The van der Waals surface area contributed by atoms with Gasteiger partial charge < -0.3 is 11.1 Å². The lowest BCUT2D eigenvalue weighted by Crippen LogP contribution is -2.14. The van der Waals surface area contributed by atoms with Crippen molar-refractivity contribution in [3.8, 4) is 0 Å². The highest BCUT2D eigenvalue weighted by Crippen LogP contribution is 2.23. The molecular formula is C13H8BrF3N2O. The van der Waals surface area contributed by atoms with Gasteiger partial charge in [0.25, 0.3) is 5.91 Å². The first kappa shape index (κ1) is 14.4. The summed E-state index contributed by atoms with van der Waals surface area (Å²) in [5.74, 6) is -5.08. The van der Waals surface area contributed by atoms with E-state index in [0.717, 1.165) is 12.1 Å². The van der Waals surface area contributed by atoms with Gasteiger partial charge in [-0.15, -0.1) is 0 Å². The van der Waals surface area contributed by atoms with Crippen LogP contribution in [0.25, 0.3) is 0 Å². The first-order chi connectivity index (χ1) is 9.40. The van der Waals surface area contributed by atoms with Crippen LogP contribution in [0.2, 0.25) is 0 Å². The third kappa shape index (κ3) is 2.77. The van der Waals surface area contributed by atoms with Crippen LogP contribution in [0.15, 0.2) is 34.8 Å². The second kappa shape index (κ2) is 5.54. The largest absolute Gasteiger partial charge is 0.398 e. The number of halogens is 4. The van der Waals surface area contributed by atoms with Crippen LogP contribution in [0, 0.1) is 17.5 Å². The van der Waals surface area contributed by atoms with Crippen LogP contribution in [0.4, 0.5) is 24.5 Å². The third-order valence-electron chi connectivity index (χ3n) is 2.55. The monoisotopic (exact) mass is 344 g/mol. The highest BCUT2D eigenvalue weighted by molar-refractivity contribution is 9.10. The van der Waals surface area contributed by atoms with E-state index >= 15 is 0 Å². The van der Waals surface area contributed by atoms with Crippen molar-refractivity contribution < 1.29 is 18.0 Å². The van der Waals surface area contributed by atoms with E-state index in [0.29, 0.717) is 10.2 Å². The summed E-state index contributed by atoms with van der Waals surface area (Å²) in [5.41, 5.74) is 5.75. The van der Waals surface area contributed by atoms with E-state index in [9.17, 15) is 18.0 Å². The van der Waals surface area contributed by atoms with Crippen molar-refractivity contribution in [3.63, 3.8) is 0 Å². The Bertz CT molecular complexity index is 692. The molecule has 0 aliphatic rings. The number of benzene rings is 2. The molecule has 0 spiro atoms. The quantitative estimate of drug-likeness (QED) is 0.644. The first-order valence-electron chi connectivity index (χ1n) is 5.40. The number of rotatable bonds is 2. The van der Waals surface area contributed by atoms with Crippen LogP contribution in [-0.4, -0.2) is 5.91 Å². The van der Waals surface area contributed by atoms with Gasteiger partial charge in [0.15, 0.2) is 17.5 Å². The van der Waals surface area contributed by atoms with Crippen LogP contribution in [0.5, 0.6) is 0 Å². The summed E-state index contributed by atoms with van der Waals surface area (Å²) in [6, 6.07) is 6.02. The minimum Gasteiger partial charge on any atom is -0.398 e. The van der Waals surface area contributed by atoms with Gasteiger partial charge in [-0.05, 0) is 46.3 Å². The van der Waals surface area contributed by atoms with Crippen LogP contribution < -0.4 is 11.1 Å². The van der Waals surface area contributed by atoms with E-state index < -0.39 is 29.0 Å². The summed E-state index contributed by atoms with van der Waals surface area (Å²) in [7, 11) is 0. The van der Waals surface area contributed by atoms with E-state index in [-0.39, 0.29) is 5.56 Å². The number of carbonyl (C=O) groups excluding carboxylic acids is 1. The fourth-order valence-corrected chi connectivity index (χ4v) is 1.86. The van der Waals surface area contributed by atoms with Crippen LogP contribution >= 0.6 is 15.9 Å². The highest BCUT2D eigenvalue weighted by Gasteiger charge is 2.16. The summed E-state index contributed by atoms with van der Waals surface area (Å²) in [6.45, 7) is 0. The number of hydrogen-bond acceptors (Lipinski definition) is 2. The predicted octanol–water partition coefficient (Wildman–Crippen LogP) is 3.70. The second-order valence-electron chi connectivity index (χ2n) is 3.91. The number of nitrogens with one attached hydrogen (secondary N) is 1. The van der Waals surface area contributed by atoms with Gasteiger partial charge in [0.1, 0.15) is 0 Å². The van der Waals surface area contributed by atoms with Crippen LogP contribution in [-0.2, 0) is 0 Å². The van der Waals surface area contributed by atoms with Crippen LogP contribution in [0.3, 0.4) is 0 Å². The minimum atomic E-state index is -1.64. The van der Waals surface area contributed by atoms with E-state index in [1.165, 1.54) is 18.2 Å². The second-order valence-corrected chi connectivity index (χ2v) is 4.77. The number of carbonyl (C=O) groups is 1. The van der Waals surface area contributed by atoms with Gasteiger partial charge in [-0.2, -0.15) is 0 Å². The predicted molar refractivity (Wildman–Crippen MR) is 72.8 cm³/mol. The standard InChI is InChI=1S/C13H8BrF3N2O/c14-7-5-6(1-3-9(7)18)13(20)19-10-4-2-8(15)11(16)12(10)17/h1-5H,18H2,(H,19,20). The Morgan fingerprint density at radius 3 is 2.45 bits per heavy atom. The lowest BCUT2D eigenvalue weighted by atomic mass is 10.2. The summed E-state index contributed by atoms with van der Waals surface area (Å²) < 4.78 is 39.7. The Balaban J connectivity index is 2.28. The third-order valence-corrected chi connectivity index (χ3v) is 3.23. The van der Waals surface area contributed by atoms with E-state index in [1.54, 1.807) is 0 Å². The van der Waals surface area contributed by atoms with Gasteiger partial charge >= 0.3 is 0 Å². The molecule has 0 aliphatic carbocycles. The van der Waals surface area contributed by atoms with Gasteiger partial charge in [0, 0.05) is 15.7 Å². The molecule has 0 saturated heterocycles. The Labute approximate surface area is 120 Å². The molecule has 1 amide bonds. The van der Waals surface area contributed by atoms with Crippen molar-refractivity contribution in [3.05, 3.63) is 57.8 Å². The molecule has 3 N–H and O–H groups in total. The lowest BCUT2D eigenvalue weighted by Gasteiger charge is -2.08. The maximum absolute atomic E-state index is 13.4. The van der Waals surface area contributed by atoms with Crippen molar-refractivity contribution in [2.45, 2.75) is 0 Å². The molecule has 0 bridgehead atoms. The topological polar surface area (TPSA) is 55.1 Å². The van der Waals surface area contributed by atoms with Crippen molar-refractivity contribution in [2.24, 2.45) is 0 Å². The van der Waals surface area contributed by atoms with E-state index in [1.807, 2.05) is 0 Å². The van der Waals surface area contributed by atoms with Gasteiger partial charge in [0.2, 0.25) is 0 Å². The van der Waals surface area contributed by atoms with Crippen molar-refractivity contribution in [2.75, 3.05) is 11.1 Å². The number of amides is 1. The normalized spacial score (nSPS) is 10.4. The lowest BCUT2D eigenvalue weighted by molar-refractivity contribution is 0.102. The fourth-order valence-electron chi connectivity index (χ4n) is 1.49. The fraction of sp³-hybridized carbons (Fsp3) is 0. The zero-order valence-corrected chi connectivity index (χ0v) is 11.5. The Morgan fingerprint density at radius 1 is 1.10 bits per heavy atom. The molecule has 0 heterocycles. The molecule has 3 nitrogen and oxygen atoms in total. The smallest absolute Gasteiger partial charge is 0.255 e. The molecule has 104 valence electrons. The number of nitrogen functional groups attached to an aromatic ring is 1. The molecular weight excluding hydrogens is 337 g/mol. The molecule has 0 atom stereocenters. The molecule has 2 aromatic carbocycles. The van der Waals surface area contributed by atoms with Gasteiger partial charge in [-0.1, -0.05) is 0 Å². The summed E-state index contributed by atoms with van der Waals surface area (Å²) in [6.07, 6.45) is 0. The van der Waals surface area contributed by atoms with Crippen molar-refractivity contribution in [1.29, 1.82) is 0 Å². The first-order valence-corrected chi connectivity index (χ1v) is 6.19. The van der Waals surface area contributed by atoms with Gasteiger partial charge in [0.05, 0.1) is 5.69 Å². The molecule has 20 heavy (non-hydrogen) atoms. The molecule has 0 aromatic heterocycles. The van der Waals surface area contributed by atoms with Crippen LogP contribution in [0.1, 0.15) is 10.4 Å². The minimum absolute atomic E-state index is 0.190. The van der Waals surface area contributed by atoms with Crippen molar-refractivity contribution >= 4 is 33.2 Å². The Morgan fingerprint density at radius 2 is 1.80 bits per heavy atom. The molecule has 7 heteroatoms. The number of nitrogens with two attached hydrogens (primary N) is 1.